The van der Waals surface area contributed by atoms with Gasteiger partial charge in [-0.3, -0.25) is 14.4 Å². The maximum Gasteiger partial charge on any atom is 0.226 e. The second-order valence-corrected chi connectivity index (χ2v) is 11.6. The van der Waals surface area contributed by atoms with Crippen LogP contribution in [0.5, 0.6) is 0 Å². The van der Waals surface area contributed by atoms with Crippen LogP contribution in [0.4, 0.5) is 0 Å². The molecule has 3 aromatic carbocycles. The summed E-state index contributed by atoms with van der Waals surface area (Å²) in [5, 5.41) is 21.9. The lowest BCUT2D eigenvalue weighted by Crippen LogP contribution is -2.41. The van der Waals surface area contributed by atoms with Gasteiger partial charge in [-0.1, -0.05) is 54.6 Å². The smallest absolute Gasteiger partial charge is 0.226 e. The predicted molar refractivity (Wildman–Crippen MR) is 174 cm³/mol. The topological polar surface area (TPSA) is 101 Å². The third-order valence-corrected chi connectivity index (χ3v) is 8.57. The highest BCUT2D eigenvalue weighted by Crippen LogP contribution is 2.32. The first-order valence-electron chi connectivity index (χ1n) is 15.2. The Morgan fingerprint density at radius 1 is 1.02 bits per heavy atom. The Morgan fingerprint density at radius 2 is 1.82 bits per heavy atom. The van der Waals surface area contributed by atoms with Gasteiger partial charge in [-0.2, -0.15) is 15.5 Å². The van der Waals surface area contributed by atoms with E-state index in [1.165, 1.54) is 5.56 Å². The van der Waals surface area contributed by atoms with Crippen molar-refractivity contribution in [2.24, 2.45) is 7.05 Å². The number of benzene rings is 3. The Kier molecular flexibility index (Phi) is 8.87. The Bertz CT molecular complexity index is 1820. The van der Waals surface area contributed by atoms with Crippen molar-refractivity contribution in [3.05, 3.63) is 114 Å². The van der Waals surface area contributed by atoms with Gasteiger partial charge in [0, 0.05) is 57.5 Å². The van der Waals surface area contributed by atoms with Crippen molar-refractivity contribution in [1.29, 1.82) is 5.26 Å². The maximum atomic E-state index is 13.9. The minimum Gasteiger partial charge on any atom is -0.383 e. The first-order valence-corrected chi connectivity index (χ1v) is 15.2. The molecule has 0 spiro atoms. The SMILES string of the molecule is COCCN1C[C@@H](NC(=O)Cc2c(C)c(-c3cnn(C)c3)nn2-c2ccccc2)[C@H](c2cccc(-c3ccc(C#N)cc3)c2)C1. The molecule has 0 saturated carbocycles. The van der Waals surface area contributed by atoms with Crippen LogP contribution in [-0.4, -0.2) is 69.8 Å². The van der Waals surface area contributed by atoms with E-state index in [1.54, 1.807) is 18.0 Å². The van der Waals surface area contributed by atoms with E-state index in [1.807, 2.05) is 79.4 Å². The first kappa shape index (κ1) is 30.0. The second kappa shape index (κ2) is 13.3. The lowest BCUT2D eigenvalue weighted by atomic mass is 9.91. The van der Waals surface area contributed by atoms with Gasteiger partial charge < -0.3 is 10.1 Å². The number of rotatable bonds is 10. The van der Waals surface area contributed by atoms with Crippen molar-refractivity contribution >= 4 is 5.91 Å². The minimum atomic E-state index is -0.0724. The van der Waals surface area contributed by atoms with Crippen LogP contribution in [0.15, 0.2) is 91.3 Å². The normalized spacial score (nSPS) is 16.5. The molecular weight excluding hydrogens is 562 g/mol. The van der Waals surface area contributed by atoms with Gasteiger partial charge in [-0.15, -0.1) is 0 Å². The zero-order chi connectivity index (χ0) is 31.3. The molecule has 5 aromatic rings. The molecule has 228 valence electrons. The number of hydrogen-bond acceptors (Lipinski definition) is 6. The Morgan fingerprint density at radius 3 is 2.53 bits per heavy atom. The fourth-order valence-corrected chi connectivity index (χ4v) is 6.21. The number of hydrogen-bond donors (Lipinski definition) is 1. The number of carbonyl (C=O) groups is 1. The third kappa shape index (κ3) is 6.58. The van der Waals surface area contributed by atoms with Crippen LogP contribution in [0.3, 0.4) is 0 Å². The summed E-state index contributed by atoms with van der Waals surface area (Å²) in [6.45, 7) is 5.00. The van der Waals surface area contributed by atoms with Gasteiger partial charge in [-0.05, 0) is 53.4 Å². The summed E-state index contributed by atoms with van der Waals surface area (Å²) in [6.07, 6.45) is 3.94. The fourth-order valence-electron chi connectivity index (χ4n) is 6.21. The molecule has 0 unspecified atom stereocenters. The van der Waals surface area contributed by atoms with Crippen molar-refractivity contribution in [2.45, 2.75) is 25.3 Å². The molecule has 3 heterocycles. The number of aryl methyl sites for hydroxylation is 1. The highest BCUT2D eigenvalue weighted by Gasteiger charge is 2.35. The fraction of sp³-hybridized carbons (Fsp3) is 0.278. The van der Waals surface area contributed by atoms with Crippen LogP contribution < -0.4 is 5.32 Å². The van der Waals surface area contributed by atoms with E-state index in [-0.39, 0.29) is 24.3 Å². The summed E-state index contributed by atoms with van der Waals surface area (Å²) in [7, 11) is 3.60. The average molecular weight is 600 g/mol. The van der Waals surface area contributed by atoms with E-state index < -0.39 is 0 Å². The van der Waals surface area contributed by atoms with Crippen molar-refractivity contribution < 1.29 is 9.53 Å². The molecular formula is C36H37N7O2. The van der Waals surface area contributed by atoms with E-state index in [2.05, 4.69) is 45.7 Å². The van der Waals surface area contributed by atoms with Crippen molar-refractivity contribution in [1.82, 2.24) is 29.8 Å². The van der Waals surface area contributed by atoms with E-state index in [9.17, 15) is 10.1 Å². The molecule has 0 bridgehead atoms. The predicted octanol–water partition coefficient (Wildman–Crippen LogP) is 4.89. The Balaban J connectivity index is 1.27. The summed E-state index contributed by atoms with van der Waals surface area (Å²) in [5.41, 5.74) is 8.40. The van der Waals surface area contributed by atoms with Gasteiger partial charge in [-0.25, -0.2) is 4.68 Å². The number of aromatic nitrogens is 4. The average Bonchev–Trinajstić information content (AvgIpc) is 3.77. The molecule has 1 fully saturated rings. The number of ether oxygens (including phenoxy) is 1. The highest BCUT2D eigenvalue weighted by molar-refractivity contribution is 5.80. The summed E-state index contributed by atoms with van der Waals surface area (Å²) in [6, 6.07) is 28.2. The summed E-state index contributed by atoms with van der Waals surface area (Å²) in [4.78, 5) is 16.2. The minimum absolute atomic E-state index is 0.0419. The molecule has 1 amide bonds. The molecule has 1 N–H and O–H groups in total. The molecule has 2 aromatic heterocycles. The van der Waals surface area contributed by atoms with Crippen LogP contribution in [0, 0.1) is 18.3 Å². The summed E-state index contributed by atoms with van der Waals surface area (Å²) in [5.74, 6) is 0.0648. The largest absolute Gasteiger partial charge is 0.383 e. The van der Waals surface area contributed by atoms with Crippen LogP contribution in [0.1, 0.15) is 28.3 Å². The number of likely N-dealkylation sites (tertiary alicyclic amines) is 1. The molecule has 9 heteroatoms. The number of amides is 1. The number of para-hydroxylation sites is 1. The Hall–Kier alpha value is -5.04. The number of nitrogens with one attached hydrogen (secondary N) is 1. The van der Waals surface area contributed by atoms with Gasteiger partial charge in [0.2, 0.25) is 5.91 Å². The van der Waals surface area contributed by atoms with E-state index in [0.717, 1.165) is 59.0 Å². The molecule has 6 rings (SSSR count). The molecule has 1 saturated heterocycles. The lowest BCUT2D eigenvalue weighted by molar-refractivity contribution is -0.121. The number of methoxy groups -OCH3 is 1. The van der Waals surface area contributed by atoms with Crippen LogP contribution in [0.25, 0.3) is 28.1 Å². The molecule has 45 heavy (non-hydrogen) atoms. The van der Waals surface area contributed by atoms with Gasteiger partial charge in [0.15, 0.2) is 0 Å². The summed E-state index contributed by atoms with van der Waals surface area (Å²) < 4.78 is 9.02. The number of nitrogens with zero attached hydrogens (tertiary/aromatic N) is 6. The first-order chi connectivity index (χ1) is 21.9. The van der Waals surface area contributed by atoms with Crippen molar-refractivity contribution in [2.75, 3.05) is 33.4 Å². The van der Waals surface area contributed by atoms with E-state index >= 15 is 0 Å². The van der Waals surface area contributed by atoms with Gasteiger partial charge in [0.05, 0.1) is 47.9 Å². The second-order valence-electron chi connectivity index (χ2n) is 11.6. The number of carbonyl (C=O) groups excluding carboxylic acids is 1. The Labute approximate surface area is 263 Å². The standard InChI is InChI=1S/C36H37N7O2/c1-25-34(43(31-10-5-4-6-11-31)40-36(25)30-21-38-41(2)22-30)19-35(44)39-33-24-42(16-17-45-3)23-32(33)29-9-7-8-28(18-29)27-14-12-26(20-37)13-15-27/h4-15,18,21-22,32-33H,16-17,19,23-24H2,1-3H3,(H,39,44)/t32-,33+/m0/s1. The third-order valence-electron chi connectivity index (χ3n) is 8.57. The molecule has 1 aliphatic rings. The molecule has 0 aliphatic carbocycles. The van der Waals surface area contributed by atoms with Crippen molar-refractivity contribution in [3.8, 4) is 34.1 Å². The van der Waals surface area contributed by atoms with Crippen LogP contribution >= 0.6 is 0 Å². The monoisotopic (exact) mass is 599 g/mol. The van der Waals surface area contributed by atoms with Gasteiger partial charge in [0.1, 0.15) is 0 Å². The highest BCUT2D eigenvalue weighted by atomic mass is 16.5. The zero-order valence-electron chi connectivity index (χ0n) is 25.9. The van der Waals surface area contributed by atoms with E-state index in [4.69, 9.17) is 9.84 Å². The maximum absolute atomic E-state index is 13.9. The zero-order valence-corrected chi connectivity index (χ0v) is 25.9. The van der Waals surface area contributed by atoms with E-state index in [0.29, 0.717) is 12.2 Å². The van der Waals surface area contributed by atoms with Gasteiger partial charge >= 0.3 is 0 Å². The lowest BCUT2D eigenvalue weighted by Gasteiger charge is -2.21. The number of nitriles is 1. The molecule has 2 atom stereocenters. The van der Waals surface area contributed by atoms with Gasteiger partial charge in [0.25, 0.3) is 0 Å². The van der Waals surface area contributed by atoms with Crippen LogP contribution in [0.2, 0.25) is 0 Å². The molecule has 9 nitrogen and oxygen atoms in total. The quantitative estimate of drug-likeness (QED) is 0.245. The molecule has 1 aliphatic heterocycles. The molecule has 0 radical (unpaired) electrons. The van der Waals surface area contributed by atoms with Crippen molar-refractivity contribution in [3.63, 3.8) is 0 Å². The van der Waals surface area contributed by atoms with Crippen LogP contribution in [-0.2, 0) is 23.0 Å². The summed E-state index contributed by atoms with van der Waals surface area (Å²) >= 11 is 0.